The molecule has 0 unspecified atom stereocenters. The van der Waals surface area contributed by atoms with Crippen molar-refractivity contribution >= 4 is 5.91 Å². The fourth-order valence-electron chi connectivity index (χ4n) is 2.10. The molecule has 0 bridgehead atoms. The van der Waals surface area contributed by atoms with Crippen LogP contribution in [0.1, 0.15) is 44.9 Å². The SMILES string of the molecule is CC(C)(C)CCC(=O)N1CCc2cncnc2C1. The smallest absolute Gasteiger partial charge is 0.222 e. The molecule has 0 radical (unpaired) electrons. The molecule has 0 aliphatic carbocycles. The molecule has 0 saturated carbocycles. The van der Waals surface area contributed by atoms with E-state index < -0.39 is 0 Å². The van der Waals surface area contributed by atoms with Crippen LogP contribution in [0, 0.1) is 5.41 Å². The van der Waals surface area contributed by atoms with Gasteiger partial charge in [-0.15, -0.1) is 0 Å². The van der Waals surface area contributed by atoms with Crippen molar-refractivity contribution in [3.8, 4) is 0 Å². The molecule has 4 nitrogen and oxygen atoms in total. The minimum absolute atomic E-state index is 0.214. The summed E-state index contributed by atoms with van der Waals surface area (Å²) in [5, 5.41) is 0. The number of fused-ring (bicyclic) bond motifs is 1. The standard InChI is InChI=1S/C14H21N3O/c1-14(2,3)6-4-13(18)17-7-5-11-8-15-10-16-12(11)9-17/h8,10H,4-7,9H2,1-3H3. The van der Waals surface area contributed by atoms with Gasteiger partial charge in [-0.1, -0.05) is 20.8 Å². The summed E-state index contributed by atoms with van der Waals surface area (Å²) < 4.78 is 0. The van der Waals surface area contributed by atoms with Gasteiger partial charge in [-0.05, 0) is 23.8 Å². The first-order chi connectivity index (χ1) is 8.46. The zero-order valence-electron chi connectivity index (χ0n) is 11.4. The van der Waals surface area contributed by atoms with Crippen molar-refractivity contribution in [1.82, 2.24) is 14.9 Å². The van der Waals surface area contributed by atoms with E-state index in [1.807, 2.05) is 11.1 Å². The Balaban J connectivity index is 1.95. The first-order valence-electron chi connectivity index (χ1n) is 6.51. The zero-order chi connectivity index (χ0) is 13.2. The van der Waals surface area contributed by atoms with E-state index in [1.165, 1.54) is 5.56 Å². The molecule has 0 atom stereocenters. The maximum Gasteiger partial charge on any atom is 0.222 e. The number of carbonyl (C=O) groups is 1. The van der Waals surface area contributed by atoms with Gasteiger partial charge in [0.15, 0.2) is 0 Å². The summed E-state index contributed by atoms with van der Waals surface area (Å²) in [6.07, 6.45) is 5.85. The third-order valence-corrected chi connectivity index (χ3v) is 3.31. The van der Waals surface area contributed by atoms with Crippen LogP contribution < -0.4 is 0 Å². The number of hydrogen-bond acceptors (Lipinski definition) is 3. The molecule has 1 aromatic rings. The van der Waals surface area contributed by atoms with Crippen molar-refractivity contribution in [1.29, 1.82) is 0 Å². The van der Waals surface area contributed by atoms with E-state index in [1.54, 1.807) is 6.33 Å². The van der Waals surface area contributed by atoms with E-state index in [0.29, 0.717) is 13.0 Å². The molecule has 0 N–H and O–H groups in total. The number of rotatable bonds is 2. The van der Waals surface area contributed by atoms with Crippen molar-refractivity contribution in [2.75, 3.05) is 6.54 Å². The molecule has 0 aromatic carbocycles. The monoisotopic (exact) mass is 247 g/mol. The molecule has 1 aromatic heterocycles. The van der Waals surface area contributed by atoms with Gasteiger partial charge in [-0.2, -0.15) is 0 Å². The summed E-state index contributed by atoms with van der Waals surface area (Å²) in [4.78, 5) is 22.3. The van der Waals surface area contributed by atoms with Gasteiger partial charge in [0.05, 0.1) is 12.2 Å². The Labute approximate surface area is 108 Å². The van der Waals surface area contributed by atoms with Crippen LogP contribution in [-0.2, 0) is 17.8 Å². The Hall–Kier alpha value is -1.45. The predicted molar refractivity (Wildman–Crippen MR) is 69.8 cm³/mol. The largest absolute Gasteiger partial charge is 0.336 e. The molecule has 0 saturated heterocycles. The average Bonchev–Trinajstić information content (AvgIpc) is 2.34. The van der Waals surface area contributed by atoms with Gasteiger partial charge < -0.3 is 4.90 Å². The molecule has 18 heavy (non-hydrogen) atoms. The molecule has 2 rings (SSSR count). The van der Waals surface area contributed by atoms with Gasteiger partial charge >= 0.3 is 0 Å². The summed E-state index contributed by atoms with van der Waals surface area (Å²) in [6.45, 7) is 7.93. The molecule has 0 fully saturated rings. The number of hydrogen-bond donors (Lipinski definition) is 0. The Morgan fingerprint density at radius 1 is 1.44 bits per heavy atom. The summed E-state index contributed by atoms with van der Waals surface area (Å²) in [7, 11) is 0. The van der Waals surface area contributed by atoms with Crippen LogP contribution in [0.3, 0.4) is 0 Å². The maximum absolute atomic E-state index is 12.1. The van der Waals surface area contributed by atoms with Crippen molar-refractivity contribution in [2.45, 2.75) is 46.6 Å². The maximum atomic E-state index is 12.1. The van der Waals surface area contributed by atoms with Crippen LogP contribution in [-0.4, -0.2) is 27.3 Å². The molecule has 1 aliphatic heterocycles. The van der Waals surface area contributed by atoms with Crippen molar-refractivity contribution in [3.05, 3.63) is 23.8 Å². The van der Waals surface area contributed by atoms with Gasteiger partial charge in [-0.3, -0.25) is 4.79 Å². The fourth-order valence-corrected chi connectivity index (χ4v) is 2.10. The molecular weight excluding hydrogens is 226 g/mol. The van der Waals surface area contributed by atoms with Gasteiger partial charge in [0, 0.05) is 19.2 Å². The van der Waals surface area contributed by atoms with Crippen molar-refractivity contribution in [3.63, 3.8) is 0 Å². The number of amides is 1. The van der Waals surface area contributed by atoms with Crippen LogP contribution in [0.15, 0.2) is 12.5 Å². The van der Waals surface area contributed by atoms with Crippen LogP contribution in [0.25, 0.3) is 0 Å². The van der Waals surface area contributed by atoms with Crippen LogP contribution in [0.4, 0.5) is 0 Å². The lowest BCUT2D eigenvalue weighted by molar-refractivity contribution is -0.132. The van der Waals surface area contributed by atoms with Gasteiger partial charge in [0.1, 0.15) is 6.33 Å². The Morgan fingerprint density at radius 2 is 2.22 bits per heavy atom. The minimum Gasteiger partial charge on any atom is -0.336 e. The van der Waals surface area contributed by atoms with Gasteiger partial charge in [0.25, 0.3) is 0 Å². The highest BCUT2D eigenvalue weighted by Crippen LogP contribution is 2.22. The second kappa shape index (κ2) is 5.04. The molecule has 98 valence electrons. The lowest BCUT2D eigenvalue weighted by Gasteiger charge is -2.29. The first kappa shape index (κ1) is 13.0. The van der Waals surface area contributed by atoms with E-state index in [-0.39, 0.29) is 11.3 Å². The van der Waals surface area contributed by atoms with E-state index in [2.05, 4.69) is 30.7 Å². The Kier molecular flexibility index (Phi) is 3.64. The zero-order valence-corrected chi connectivity index (χ0v) is 11.4. The molecule has 0 spiro atoms. The molecule has 4 heteroatoms. The van der Waals surface area contributed by atoms with Gasteiger partial charge in [-0.25, -0.2) is 9.97 Å². The van der Waals surface area contributed by atoms with E-state index in [9.17, 15) is 4.79 Å². The number of aromatic nitrogens is 2. The lowest BCUT2D eigenvalue weighted by Crippen LogP contribution is -2.36. The Morgan fingerprint density at radius 3 is 2.94 bits per heavy atom. The summed E-state index contributed by atoms with van der Waals surface area (Å²) >= 11 is 0. The Bertz CT molecular complexity index is 437. The highest BCUT2D eigenvalue weighted by atomic mass is 16.2. The lowest BCUT2D eigenvalue weighted by atomic mass is 9.90. The molecule has 1 aliphatic rings. The highest BCUT2D eigenvalue weighted by Gasteiger charge is 2.22. The van der Waals surface area contributed by atoms with E-state index in [4.69, 9.17) is 0 Å². The normalized spacial score (nSPS) is 15.4. The van der Waals surface area contributed by atoms with Crippen molar-refractivity contribution < 1.29 is 4.79 Å². The van der Waals surface area contributed by atoms with Crippen molar-refractivity contribution in [2.24, 2.45) is 5.41 Å². The van der Waals surface area contributed by atoms with Crippen LogP contribution in [0.5, 0.6) is 0 Å². The van der Waals surface area contributed by atoms with E-state index >= 15 is 0 Å². The quantitative estimate of drug-likeness (QED) is 0.804. The second-order valence-corrected chi connectivity index (χ2v) is 6.12. The van der Waals surface area contributed by atoms with Crippen LogP contribution >= 0.6 is 0 Å². The fraction of sp³-hybridized carbons (Fsp3) is 0.643. The molecule has 1 amide bonds. The minimum atomic E-state index is 0.214. The van der Waals surface area contributed by atoms with Gasteiger partial charge in [0.2, 0.25) is 5.91 Å². The first-order valence-corrected chi connectivity index (χ1v) is 6.51. The third kappa shape index (κ3) is 3.28. The van der Waals surface area contributed by atoms with E-state index in [0.717, 1.165) is 25.1 Å². The van der Waals surface area contributed by atoms with Crippen LogP contribution in [0.2, 0.25) is 0 Å². The summed E-state index contributed by atoms with van der Waals surface area (Å²) in [5.41, 5.74) is 2.39. The highest BCUT2D eigenvalue weighted by molar-refractivity contribution is 5.76. The topological polar surface area (TPSA) is 46.1 Å². The predicted octanol–water partition coefficient (Wildman–Crippen LogP) is 2.19. The number of nitrogens with zero attached hydrogens (tertiary/aromatic N) is 3. The summed E-state index contributed by atoms with van der Waals surface area (Å²) in [6, 6.07) is 0. The summed E-state index contributed by atoms with van der Waals surface area (Å²) in [5.74, 6) is 0.245. The molecule has 2 heterocycles. The average molecular weight is 247 g/mol. The molecular formula is C14H21N3O. The number of carbonyl (C=O) groups excluding carboxylic acids is 1. The third-order valence-electron chi connectivity index (χ3n) is 3.31. The second-order valence-electron chi connectivity index (χ2n) is 6.12.